The second-order valence-electron chi connectivity index (χ2n) is 3.88. The fourth-order valence-electron chi connectivity index (χ4n) is 1.41. The van der Waals surface area contributed by atoms with Gasteiger partial charge in [0.2, 0.25) is 0 Å². The molecule has 0 spiro atoms. The van der Waals surface area contributed by atoms with E-state index in [1.807, 2.05) is 0 Å². The van der Waals surface area contributed by atoms with E-state index in [4.69, 9.17) is 23.1 Å². The van der Waals surface area contributed by atoms with Gasteiger partial charge >= 0.3 is 0 Å². The van der Waals surface area contributed by atoms with E-state index in [0.29, 0.717) is 11.6 Å². The van der Waals surface area contributed by atoms with Crippen molar-refractivity contribution in [2.45, 2.75) is 12.8 Å². The summed E-state index contributed by atoms with van der Waals surface area (Å²) in [5.41, 5.74) is 11.9. The van der Waals surface area contributed by atoms with Gasteiger partial charge in [-0.2, -0.15) is 0 Å². The van der Waals surface area contributed by atoms with E-state index in [9.17, 15) is 4.39 Å². The van der Waals surface area contributed by atoms with Crippen molar-refractivity contribution in [3.8, 4) is 0 Å². The summed E-state index contributed by atoms with van der Waals surface area (Å²) in [6, 6.07) is 1.47. The van der Waals surface area contributed by atoms with Crippen LogP contribution in [-0.4, -0.2) is 6.54 Å². The lowest BCUT2D eigenvalue weighted by molar-refractivity contribution is 0.631. The summed E-state index contributed by atoms with van der Waals surface area (Å²) in [5, 5.41) is 2.90. The second-order valence-corrected chi connectivity index (χ2v) is 4.26. The van der Waals surface area contributed by atoms with Crippen molar-refractivity contribution >= 4 is 28.7 Å². The molecule has 1 aliphatic carbocycles. The molecule has 5 N–H and O–H groups in total. The van der Waals surface area contributed by atoms with Crippen molar-refractivity contribution in [3.63, 3.8) is 0 Å². The third-order valence-electron chi connectivity index (χ3n) is 2.53. The standard InChI is InChI=1S/C10H13ClFN3/c11-8-6(13)3-7(14)10(9(8)12)15-4-5-1-2-5/h3,5,15H,1-2,4,13-14H2. The fraction of sp³-hybridized carbons (Fsp3) is 0.400. The highest BCUT2D eigenvalue weighted by Gasteiger charge is 2.22. The van der Waals surface area contributed by atoms with Crippen LogP contribution in [0.4, 0.5) is 21.5 Å². The van der Waals surface area contributed by atoms with Crippen molar-refractivity contribution in [2.75, 3.05) is 23.3 Å². The van der Waals surface area contributed by atoms with Crippen molar-refractivity contribution in [1.29, 1.82) is 0 Å². The second kappa shape index (κ2) is 3.77. The molecule has 1 aromatic carbocycles. The Kier molecular flexibility index (Phi) is 2.61. The van der Waals surface area contributed by atoms with Crippen LogP contribution in [0.15, 0.2) is 6.07 Å². The van der Waals surface area contributed by atoms with Gasteiger partial charge in [0.25, 0.3) is 0 Å². The molecule has 82 valence electrons. The van der Waals surface area contributed by atoms with Crippen molar-refractivity contribution < 1.29 is 4.39 Å². The molecule has 1 aromatic rings. The molecule has 2 rings (SSSR count). The zero-order chi connectivity index (χ0) is 11.0. The molecule has 1 saturated carbocycles. The van der Waals surface area contributed by atoms with Crippen LogP contribution in [0, 0.1) is 11.7 Å². The third kappa shape index (κ3) is 2.09. The first-order valence-corrected chi connectivity index (χ1v) is 5.24. The Hall–Kier alpha value is -1.16. The number of benzene rings is 1. The first kappa shape index (κ1) is 10.4. The summed E-state index contributed by atoms with van der Waals surface area (Å²) in [6.07, 6.45) is 2.38. The van der Waals surface area contributed by atoms with Gasteiger partial charge in [0, 0.05) is 6.54 Å². The normalized spacial score (nSPS) is 15.3. The minimum atomic E-state index is -0.560. The number of nitrogen functional groups attached to an aromatic ring is 2. The molecule has 15 heavy (non-hydrogen) atoms. The maximum atomic E-state index is 13.6. The molecule has 0 aromatic heterocycles. The van der Waals surface area contributed by atoms with Crippen LogP contribution in [0.1, 0.15) is 12.8 Å². The van der Waals surface area contributed by atoms with Gasteiger partial charge in [-0.15, -0.1) is 0 Å². The fourth-order valence-corrected chi connectivity index (χ4v) is 1.56. The molecule has 3 nitrogen and oxygen atoms in total. The predicted octanol–water partition coefficient (Wildman–Crippen LogP) is 2.47. The molecule has 1 aliphatic rings. The van der Waals surface area contributed by atoms with E-state index in [1.165, 1.54) is 18.9 Å². The lowest BCUT2D eigenvalue weighted by Crippen LogP contribution is -2.09. The summed E-state index contributed by atoms with van der Waals surface area (Å²) in [4.78, 5) is 0. The molecule has 1 fully saturated rings. The number of nitrogens with two attached hydrogens (primary N) is 2. The number of rotatable bonds is 3. The molecule has 0 aliphatic heterocycles. The summed E-state index contributed by atoms with van der Waals surface area (Å²) in [5.74, 6) is 0.0787. The maximum absolute atomic E-state index is 13.6. The predicted molar refractivity (Wildman–Crippen MR) is 61.4 cm³/mol. The first-order valence-electron chi connectivity index (χ1n) is 4.86. The molecule has 0 saturated heterocycles. The van der Waals surface area contributed by atoms with Gasteiger partial charge in [0.15, 0.2) is 5.82 Å². The van der Waals surface area contributed by atoms with E-state index >= 15 is 0 Å². The van der Waals surface area contributed by atoms with Crippen LogP contribution in [-0.2, 0) is 0 Å². The van der Waals surface area contributed by atoms with E-state index < -0.39 is 5.82 Å². The molecular weight excluding hydrogens is 217 g/mol. The summed E-state index contributed by atoms with van der Waals surface area (Å²) >= 11 is 5.69. The Morgan fingerprint density at radius 3 is 2.67 bits per heavy atom. The molecule has 5 heteroatoms. The maximum Gasteiger partial charge on any atom is 0.169 e. The third-order valence-corrected chi connectivity index (χ3v) is 2.91. The highest BCUT2D eigenvalue weighted by molar-refractivity contribution is 6.33. The average Bonchev–Trinajstić information content (AvgIpc) is 2.98. The molecular formula is C10H13ClFN3. The molecule has 0 atom stereocenters. The smallest absolute Gasteiger partial charge is 0.169 e. The highest BCUT2D eigenvalue weighted by atomic mass is 35.5. The molecule has 0 bridgehead atoms. The van der Waals surface area contributed by atoms with Gasteiger partial charge in [0.1, 0.15) is 5.02 Å². The van der Waals surface area contributed by atoms with Gasteiger partial charge in [0.05, 0.1) is 17.1 Å². The van der Waals surface area contributed by atoms with Crippen LogP contribution in [0.5, 0.6) is 0 Å². The van der Waals surface area contributed by atoms with E-state index in [2.05, 4.69) is 5.32 Å². The van der Waals surface area contributed by atoms with E-state index in [-0.39, 0.29) is 16.4 Å². The minimum Gasteiger partial charge on any atom is -0.397 e. The highest BCUT2D eigenvalue weighted by Crippen LogP contribution is 2.35. The Morgan fingerprint density at radius 2 is 2.07 bits per heavy atom. The Morgan fingerprint density at radius 1 is 1.40 bits per heavy atom. The van der Waals surface area contributed by atoms with Gasteiger partial charge in [-0.3, -0.25) is 0 Å². The van der Waals surface area contributed by atoms with Crippen LogP contribution in [0.2, 0.25) is 5.02 Å². The quantitative estimate of drug-likeness (QED) is 0.698. The Balaban J connectivity index is 2.23. The van der Waals surface area contributed by atoms with Gasteiger partial charge < -0.3 is 16.8 Å². The number of nitrogens with one attached hydrogen (secondary N) is 1. The number of hydrogen-bond acceptors (Lipinski definition) is 3. The Labute approximate surface area is 92.6 Å². The SMILES string of the molecule is Nc1cc(N)c(NCC2CC2)c(F)c1Cl. The molecule has 0 amide bonds. The average molecular weight is 230 g/mol. The van der Waals surface area contributed by atoms with Crippen LogP contribution in [0.3, 0.4) is 0 Å². The van der Waals surface area contributed by atoms with Crippen LogP contribution < -0.4 is 16.8 Å². The number of anilines is 3. The van der Waals surface area contributed by atoms with Gasteiger partial charge in [-0.1, -0.05) is 11.6 Å². The molecule has 0 unspecified atom stereocenters. The summed E-state index contributed by atoms with van der Waals surface area (Å²) in [7, 11) is 0. The zero-order valence-electron chi connectivity index (χ0n) is 8.19. The minimum absolute atomic E-state index is 0.0671. The topological polar surface area (TPSA) is 64.1 Å². The van der Waals surface area contributed by atoms with Gasteiger partial charge in [-0.05, 0) is 24.8 Å². The number of hydrogen-bond donors (Lipinski definition) is 3. The Bertz CT molecular complexity index is 391. The number of halogens is 2. The van der Waals surface area contributed by atoms with Crippen LogP contribution >= 0.6 is 11.6 Å². The molecule has 0 radical (unpaired) electrons. The molecule has 0 heterocycles. The lowest BCUT2D eigenvalue weighted by atomic mass is 10.2. The zero-order valence-corrected chi connectivity index (χ0v) is 8.94. The lowest BCUT2D eigenvalue weighted by Gasteiger charge is -2.12. The monoisotopic (exact) mass is 229 g/mol. The first-order chi connectivity index (χ1) is 7.09. The summed E-state index contributed by atoms with van der Waals surface area (Å²) < 4.78 is 13.6. The largest absolute Gasteiger partial charge is 0.397 e. The van der Waals surface area contributed by atoms with Crippen LogP contribution in [0.25, 0.3) is 0 Å². The van der Waals surface area contributed by atoms with E-state index in [0.717, 1.165) is 6.54 Å². The summed E-state index contributed by atoms with van der Waals surface area (Å²) in [6.45, 7) is 0.737. The van der Waals surface area contributed by atoms with Crippen molar-refractivity contribution in [1.82, 2.24) is 0 Å². The van der Waals surface area contributed by atoms with Crippen molar-refractivity contribution in [2.24, 2.45) is 5.92 Å². The van der Waals surface area contributed by atoms with E-state index in [1.54, 1.807) is 0 Å². The van der Waals surface area contributed by atoms with Gasteiger partial charge in [-0.25, -0.2) is 4.39 Å². The van der Waals surface area contributed by atoms with Crippen molar-refractivity contribution in [3.05, 3.63) is 16.9 Å².